The number of piperazine rings is 1. The van der Waals surface area contributed by atoms with Crippen molar-refractivity contribution in [1.82, 2.24) is 9.80 Å². The fourth-order valence-corrected chi connectivity index (χ4v) is 4.77. The zero-order valence-electron chi connectivity index (χ0n) is 12.0. The molecule has 0 N–H and O–H groups in total. The Kier molecular flexibility index (Phi) is 3.49. The minimum Gasteiger partial charge on any atom is -0.353 e. The number of hydrogen-bond acceptors (Lipinski definition) is 5. The molecule has 0 atom stereocenters. The lowest BCUT2D eigenvalue weighted by atomic mass is 10.3. The van der Waals surface area contributed by atoms with Gasteiger partial charge in [-0.15, -0.1) is 11.3 Å². The van der Waals surface area contributed by atoms with Crippen molar-refractivity contribution in [2.24, 2.45) is 4.99 Å². The molecule has 108 valence electrons. The lowest BCUT2D eigenvalue weighted by Crippen LogP contribution is -2.47. The summed E-state index contributed by atoms with van der Waals surface area (Å²) in [5.74, 6) is 1.16. The van der Waals surface area contributed by atoms with Gasteiger partial charge in [-0.1, -0.05) is 23.9 Å². The highest BCUT2D eigenvalue weighted by molar-refractivity contribution is 7.99. The second kappa shape index (κ2) is 5.48. The van der Waals surface area contributed by atoms with Gasteiger partial charge < -0.3 is 9.80 Å². The van der Waals surface area contributed by atoms with Gasteiger partial charge in [0.2, 0.25) is 0 Å². The van der Waals surface area contributed by atoms with Gasteiger partial charge in [0.25, 0.3) is 0 Å². The predicted octanol–water partition coefficient (Wildman–Crippen LogP) is 3.54. The van der Waals surface area contributed by atoms with Crippen molar-refractivity contribution < 1.29 is 0 Å². The maximum absolute atomic E-state index is 5.02. The van der Waals surface area contributed by atoms with E-state index in [-0.39, 0.29) is 0 Å². The fraction of sp³-hybridized carbons (Fsp3) is 0.312. The second-order valence-electron chi connectivity index (χ2n) is 5.41. The van der Waals surface area contributed by atoms with Crippen LogP contribution in [-0.2, 0) is 0 Å². The van der Waals surface area contributed by atoms with Crippen molar-refractivity contribution in [3.63, 3.8) is 0 Å². The largest absolute Gasteiger partial charge is 0.353 e. The lowest BCUT2D eigenvalue weighted by molar-refractivity contribution is 0.216. The fourth-order valence-electron chi connectivity index (χ4n) is 2.69. The summed E-state index contributed by atoms with van der Waals surface area (Å²) in [6.45, 7) is 4.32. The highest BCUT2D eigenvalue weighted by Gasteiger charge is 2.25. The molecule has 0 unspecified atom stereocenters. The van der Waals surface area contributed by atoms with Crippen molar-refractivity contribution in [3.8, 4) is 0 Å². The van der Waals surface area contributed by atoms with Crippen LogP contribution in [-0.4, -0.2) is 48.9 Å². The van der Waals surface area contributed by atoms with Crippen LogP contribution in [0.3, 0.4) is 0 Å². The number of benzene rings is 1. The van der Waals surface area contributed by atoms with Crippen molar-refractivity contribution >= 4 is 34.6 Å². The summed E-state index contributed by atoms with van der Waals surface area (Å²) in [4.78, 5) is 13.7. The van der Waals surface area contributed by atoms with Crippen LogP contribution in [0.1, 0.15) is 4.88 Å². The molecule has 0 saturated carbocycles. The number of aliphatic imine (C=N–C) groups is 1. The van der Waals surface area contributed by atoms with Crippen LogP contribution in [0, 0.1) is 0 Å². The van der Waals surface area contributed by atoms with E-state index in [1.807, 2.05) is 11.8 Å². The molecule has 1 aromatic carbocycles. The smallest absolute Gasteiger partial charge is 0.147 e. The molecule has 4 rings (SSSR count). The number of nitrogens with zero attached hydrogens (tertiary/aromatic N) is 3. The third-order valence-corrected chi connectivity index (χ3v) is 6.11. The number of fused-ring (bicyclic) bond motifs is 2. The maximum atomic E-state index is 5.02. The molecular formula is C16H17N3S2. The molecule has 1 saturated heterocycles. The number of thiophene rings is 1. The third-order valence-electron chi connectivity index (χ3n) is 3.95. The van der Waals surface area contributed by atoms with Crippen molar-refractivity contribution in [2.75, 3.05) is 33.2 Å². The number of rotatable bonds is 0. The van der Waals surface area contributed by atoms with Gasteiger partial charge in [0, 0.05) is 36.0 Å². The zero-order chi connectivity index (χ0) is 14.2. The van der Waals surface area contributed by atoms with Crippen LogP contribution in [0.4, 0.5) is 5.69 Å². The Morgan fingerprint density at radius 3 is 2.67 bits per heavy atom. The van der Waals surface area contributed by atoms with Gasteiger partial charge in [0.1, 0.15) is 5.84 Å². The van der Waals surface area contributed by atoms with E-state index in [4.69, 9.17) is 4.99 Å². The normalized spacial score (nSPS) is 18.7. The molecule has 0 radical (unpaired) electrons. The Labute approximate surface area is 133 Å². The van der Waals surface area contributed by atoms with Crippen LogP contribution >= 0.6 is 23.1 Å². The average Bonchev–Trinajstić information content (AvgIpc) is 2.89. The number of para-hydroxylation sites is 1. The SMILES string of the molecule is CN1CCN(C2=Nc3ccccc3Sc3ccsc32)CC1. The Hall–Kier alpha value is -1.30. The highest BCUT2D eigenvalue weighted by Crippen LogP contribution is 2.42. The van der Waals surface area contributed by atoms with Gasteiger partial charge >= 0.3 is 0 Å². The van der Waals surface area contributed by atoms with Crippen LogP contribution in [0.2, 0.25) is 0 Å². The van der Waals surface area contributed by atoms with Crippen LogP contribution in [0.15, 0.2) is 50.5 Å². The molecule has 0 aliphatic carbocycles. The molecule has 3 heterocycles. The first-order chi connectivity index (χ1) is 10.3. The quantitative estimate of drug-likeness (QED) is 0.741. The van der Waals surface area contributed by atoms with Gasteiger partial charge in [-0.3, -0.25) is 0 Å². The van der Waals surface area contributed by atoms with Crippen molar-refractivity contribution in [2.45, 2.75) is 9.79 Å². The first-order valence-corrected chi connectivity index (χ1v) is 8.88. The maximum Gasteiger partial charge on any atom is 0.147 e. The molecule has 0 amide bonds. The monoisotopic (exact) mass is 315 g/mol. The summed E-state index contributed by atoms with van der Waals surface area (Å²) in [5.41, 5.74) is 1.10. The topological polar surface area (TPSA) is 18.8 Å². The Morgan fingerprint density at radius 1 is 1.00 bits per heavy atom. The molecule has 3 nitrogen and oxygen atoms in total. The first kappa shape index (κ1) is 13.4. The van der Waals surface area contributed by atoms with Crippen molar-refractivity contribution in [3.05, 3.63) is 40.6 Å². The average molecular weight is 315 g/mol. The van der Waals surface area contributed by atoms with E-state index in [1.54, 1.807) is 11.3 Å². The molecule has 21 heavy (non-hydrogen) atoms. The molecule has 0 bridgehead atoms. The number of amidine groups is 1. The van der Waals surface area contributed by atoms with Crippen LogP contribution in [0.5, 0.6) is 0 Å². The minimum absolute atomic E-state index is 1.06. The van der Waals surface area contributed by atoms with Gasteiger partial charge in [-0.05, 0) is 30.6 Å². The molecule has 0 spiro atoms. The van der Waals surface area contributed by atoms with E-state index in [2.05, 4.69) is 52.6 Å². The van der Waals surface area contributed by atoms with E-state index < -0.39 is 0 Å². The summed E-state index contributed by atoms with van der Waals surface area (Å²) in [6.07, 6.45) is 0. The summed E-state index contributed by atoms with van der Waals surface area (Å²) < 4.78 is 0. The lowest BCUT2D eigenvalue weighted by Gasteiger charge is -2.34. The number of likely N-dealkylation sites (N-methyl/N-ethyl adjacent to an activating group) is 1. The summed E-state index contributed by atoms with van der Waals surface area (Å²) in [5, 5.41) is 2.18. The number of hydrogen-bond donors (Lipinski definition) is 0. The van der Waals surface area contributed by atoms with Crippen LogP contribution < -0.4 is 0 Å². The van der Waals surface area contributed by atoms with E-state index in [0.29, 0.717) is 0 Å². The molecule has 2 aliphatic rings. The Balaban J connectivity index is 1.79. The van der Waals surface area contributed by atoms with Crippen LogP contribution in [0.25, 0.3) is 0 Å². The highest BCUT2D eigenvalue weighted by atomic mass is 32.2. The molecule has 5 heteroatoms. The van der Waals surface area contributed by atoms with Gasteiger partial charge in [-0.2, -0.15) is 0 Å². The minimum atomic E-state index is 1.06. The summed E-state index contributed by atoms with van der Waals surface area (Å²) >= 11 is 3.64. The molecule has 2 aromatic rings. The predicted molar refractivity (Wildman–Crippen MR) is 90.2 cm³/mol. The van der Waals surface area contributed by atoms with Gasteiger partial charge in [-0.25, -0.2) is 4.99 Å². The zero-order valence-corrected chi connectivity index (χ0v) is 13.6. The van der Waals surface area contributed by atoms with E-state index in [9.17, 15) is 0 Å². The van der Waals surface area contributed by atoms with Gasteiger partial charge in [0.05, 0.1) is 10.6 Å². The first-order valence-electron chi connectivity index (χ1n) is 7.18. The molecular weight excluding hydrogens is 298 g/mol. The third kappa shape index (κ3) is 2.50. The second-order valence-corrected chi connectivity index (χ2v) is 7.41. The van der Waals surface area contributed by atoms with Crippen molar-refractivity contribution in [1.29, 1.82) is 0 Å². The summed E-state index contributed by atoms with van der Waals surface area (Å²) in [7, 11) is 2.19. The van der Waals surface area contributed by atoms with E-state index >= 15 is 0 Å². The molecule has 2 aliphatic heterocycles. The Bertz CT molecular complexity index is 684. The molecule has 1 fully saturated rings. The molecule has 1 aromatic heterocycles. The van der Waals surface area contributed by atoms with E-state index in [1.165, 1.54) is 14.7 Å². The van der Waals surface area contributed by atoms with Gasteiger partial charge in [0.15, 0.2) is 0 Å². The van der Waals surface area contributed by atoms with E-state index in [0.717, 1.165) is 37.7 Å². The standard InChI is InChI=1S/C16H17N3S2/c1-18-7-9-19(10-8-18)16-15-14(6-11-20-15)21-13-5-3-2-4-12(13)17-16/h2-6,11H,7-10H2,1H3. The summed E-state index contributed by atoms with van der Waals surface area (Å²) in [6, 6.07) is 10.7. The Morgan fingerprint density at radius 2 is 1.81 bits per heavy atom.